The van der Waals surface area contributed by atoms with E-state index in [0.717, 1.165) is 29.8 Å². The maximum absolute atomic E-state index is 10.1. The molecule has 4 nitrogen and oxygen atoms in total. The molecule has 1 aromatic carbocycles. The van der Waals surface area contributed by atoms with Gasteiger partial charge in [0, 0.05) is 17.8 Å². The summed E-state index contributed by atoms with van der Waals surface area (Å²) in [6, 6.07) is 6.92. The van der Waals surface area contributed by atoms with Crippen LogP contribution in [0.3, 0.4) is 0 Å². The highest BCUT2D eigenvalue weighted by molar-refractivity contribution is 6.30. The summed E-state index contributed by atoms with van der Waals surface area (Å²) in [5.41, 5.74) is 2.47. The van der Waals surface area contributed by atoms with Gasteiger partial charge in [-0.15, -0.1) is 0 Å². The summed E-state index contributed by atoms with van der Waals surface area (Å²) in [7, 11) is 0. The number of fused-ring (bicyclic) bond motifs is 1. The minimum atomic E-state index is 0.176. The van der Waals surface area contributed by atoms with Gasteiger partial charge in [0.15, 0.2) is 0 Å². The standard InChI is InChI=1S/C15H14ClN3O/c1-2-7-19-13-5-6-17-9-12(13)18-15(19)11-8-10(16)3-4-14(11)20/h3-6,8-9,20H,2,7H2,1H3. The van der Waals surface area contributed by atoms with Crippen molar-refractivity contribution in [3.8, 4) is 17.1 Å². The molecule has 1 N–H and O–H groups in total. The van der Waals surface area contributed by atoms with Crippen LogP contribution < -0.4 is 0 Å². The zero-order valence-corrected chi connectivity index (χ0v) is 11.8. The third kappa shape index (κ3) is 2.12. The number of rotatable bonds is 3. The van der Waals surface area contributed by atoms with E-state index in [0.29, 0.717) is 10.6 Å². The largest absolute Gasteiger partial charge is 0.507 e. The van der Waals surface area contributed by atoms with Crippen LogP contribution in [-0.4, -0.2) is 19.6 Å². The molecule has 2 aromatic heterocycles. The Morgan fingerprint density at radius 3 is 2.95 bits per heavy atom. The van der Waals surface area contributed by atoms with E-state index >= 15 is 0 Å². The van der Waals surface area contributed by atoms with E-state index in [1.54, 1.807) is 30.6 Å². The minimum Gasteiger partial charge on any atom is -0.507 e. The molecule has 3 rings (SSSR count). The summed E-state index contributed by atoms with van der Waals surface area (Å²) in [6.45, 7) is 2.93. The van der Waals surface area contributed by atoms with Gasteiger partial charge in [0.2, 0.25) is 0 Å². The van der Waals surface area contributed by atoms with Crippen LogP contribution in [-0.2, 0) is 6.54 Å². The van der Waals surface area contributed by atoms with Crippen molar-refractivity contribution in [2.24, 2.45) is 0 Å². The van der Waals surface area contributed by atoms with Gasteiger partial charge in [0.1, 0.15) is 17.1 Å². The van der Waals surface area contributed by atoms with E-state index in [4.69, 9.17) is 11.6 Å². The molecule has 0 bridgehead atoms. The molecule has 0 aliphatic carbocycles. The molecule has 0 saturated carbocycles. The Morgan fingerprint density at radius 1 is 1.30 bits per heavy atom. The van der Waals surface area contributed by atoms with E-state index in [1.165, 1.54) is 0 Å². The van der Waals surface area contributed by atoms with Crippen LogP contribution in [0.2, 0.25) is 5.02 Å². The van der Waals surface area contributed by atoms with Crippen molar-refractivity contribution >= 4 is 22.6 Å². The molecule has 0 fully saturated rings. The van der Waals surface area contributed by atoms with Crippen LogP contribution in [0.25, 0.3) is 22.4 Å². The number of aromatic nitrogens is 3. The summed E-state index contributed by atoms with van der Waals surface area (Å²) in [4.78, 5) is 8.68. The molecule has 0 saturated heterocycles. The number of nitrogens with zero attached hydrogens (tertiary/aromatic N) is 3. The van der Waals surface area contributed by atoms with Crippen LogP contribution >= 0.6 is 11.6 Å². The second kappa shape index (κ2) is 5.13. The van der Waals surface area contributed by atoms with Crippen molar-refractivity contribution in [3.05, 3.63) is 41.7 Å². The highest BCUT2D eigenvalue weighted by Crippen LogP contribution is 2.33. The number of benzene rings is 1. The molecule has 0 aliphatic rings. The Morgan fingerprint density at radius 2 is 2.15 bits per heavy atom. The first-order valence-electron chi connectivity index (χ1n) is 6.50. The van der Waals surface area contributed by atoms with Gasteiger partial charge in [0.05, 0.1) is 17.3 Å². The first kappa shape index (κ1) is 12.9. The lowest BCUT2D eigenvalue weighted by molar-refractivity contribution is 0.476. The summed E-state index contributed by atoms with van der Waals surface area (Å²) in [5, 5.41) is 10.7. The quantitative estimate of drug-likeness (QED) is 0.795. The van der Waals surface area contributed by atoms with Crippen LogP contribution in [0, 0.1) is 0 Å². The number of phenolic OH excluding ortho intramolecular Hbond substituents is 1. The van der Waals surface area contributed by atoms with Gasteiger partial charge in [-0.3, -0.25) is 4.98 Å². The monoisotopic (exact) mass is 287 g/mol. The number of hydrogen-bond donors (Lipinski definition) is 1. The fraction of sp³-hybridized carbons (Fsp3) is 0.200. The first-order chi connectivity index (χ1) is 9.70. The lowest BCUT2D eigenvalue weighted by Gasteiger charge is -2.09. The maximum atomic E-state index is 10.1. The highest BCUT2D eigenvalue weighted by atomic mass is 35.5. The molecular weight excluding hydrogens is 274 g/mol. The molecule has 102 valence electrons. The average molecular weight is 288 g/mol. The summed E-state index contributed by atoms with van der Waals surface area (Å²) in [6.07, 6.45) is 4.45. The van der Waals surface area contributed by atoms with Crippen LogP contribution in [0.1, 0.15) is 13.3 Å². The molecule has 0 unspecified atom stereocenters. The van der Waals surface area contributed by atoms with Gasteiger partial charge in [-0.2, -0.15) is 0 Å². The van der Waals surface area contributed by atoms with E-state index in [1.807, 2.05) is 6.07 Å². The first-order valence-corrected chi connectivity index (χ1v) is 6.87. The second-order valence-corrected chi connectivity index (χ2v) is 5.05. The van der Waals surface area contributed by atoms with Gasteiger partial charge in [-0.25, -0.2) is 4.98 Å². The lowest BCUT2D eigenvalue weighted by atomic mass is 10.2. The second-order valence-electron chi connectivity index (χ2n) is 4.61. The molecule has 5 heteroatoms. The van der Waals surface area contributed by atoms with Gasteiger partial charge in [-0.1, -0.05) is 18.5 Å². The van der Waals surface area contributed by atoms with Gasteiger partial charge >= 0.3 is 0 Å². The fourth-order valence-electron chi connectivity index (χ4n) is 2.32. The molecule has 20 heavy (non-hydrogen) atoms. The number of phenols is 1. The van der Waals surface area contributed by atoms with Crippen LogP contribution in [0.4, 0.5) is 0 Å². The van der Waals surface area contributed by atoms with Crippen molar-refractivity contribution in [2.75, 3.05) is 0 Å². The molecule has 3 aromatic rings. The number of halogens is 1. The maximum Gasteiger partial charge on any atom is 0.144 e. The van der Waals surface area contributed by atoms with Crippen molar-refractivity contribution in [1.82, 2.24) is 14.5 Å². The molecule has 0 radical (unpaired) electrons. The number of pyridine rings is 1. The Hall–Kier alpha value is -2.07. The van der Waals surface area contributed by atoms with Gasteiger partial charge < -0.3 is 9.67 Å². The smallest absolute Gasteiger partial charge is 0.144 e. The molecule has 0 spiro atoms. The zero-order valence-electron chi connectivity index (χ0n) is 11.0. The van der Waals surface area contributed by atoms with E-state index < -0.39 is 0 Å². The third-order valence-electron chi connectivity index (χ3n) is 3.20. The highest BCUT2D eigenvalue weighted by Gasteiger charge is 2.15. The lowest BCUT2D eigenvalue weighted by Crippen LogP contribution is -1.99. The Balaban J connectivity index is 2.29. The number of hydrogen-bond acceptors (Lipinski definition) is 3. The Labute approximate surface area is 121 Å². The summed E-state index contributed by atoms with van der Waals surface area (Å²) in [5.74, 6) is 0.893. The van der Waals surface area contributed by atoms with Crippen molar-refractivity contribution < 1.29 is 5.11 Å². The van der Waals surface area contributed by atoms with Crippen molar-refractivity contribution in [2.45, 2.75) is 19.9 Å². The predicted molar refractivity (Wildman–Crippen MR) is 79.9 cm³/mol. The van der Waals surface area contributed by atoms with Crippen molar-refractivity contribution in [3.63, 3.8) is 0 Å². The van der Waals surface area contributed by atoms with Crippen LogP contribution in [0.5, 0.6) is 5.75 Å². The Bertz CT molecular complexity index is 767. The zero-order chi connectivity index (χ0) is 14.1. The molecule has 2 heterocycles. The third-order valence-corrected chi connectivity index (χ3v) is 3.43. The number of imidazole rings is 1. The summed E-state index contributed by atoms with van der Waals surface area (Å²) >= 11 is 6.03. The predicted octanol–water partition coefficient (Wildman–Crippen LogP) is 3.87. The van der Waals surface area contributed by atoms with Crippen LogP contribution in [0.15, 0.2) is 36.7 Å². The minimum absolute atomic E-state index is 0.176. The number of aromatic hydroxyl groups is 1. The van der Waals surface area contributed by atoms with Gasteiger partial charge in [0.25, 0.3) is 0 Å². The van der Waals surface area contributed by atoms with Gasteiger partial charge in [-0.05, 0) is 30.7 Å². The topological polar surface area (TPSA) is 50.9 Å². The SMILES string of the molecule is CCCn1c(-c2cc(Cl)ccc2O)nc2cnccc21. The van der Waals surface area contributed by atoms with E-state index in [2.05, 4.69) is 21.5 Å². The Kier molecular flexibility index (Phi) is 3.32. The molecular formula is C15H14ClN3O. The molecule has 0 aliphatic heterocycles. The average Bonchev–Trinajstić information content (AvgIpc) is 2.81. The normalized spacial score (nSPS) is 11.1. The molecule has 0 atom stereocenters. The van der Waals surface area contributed by atoms with E-state index in [-0.39, 0.29) is 5.75 Å². The van der Waals surface area contributed by atoms with Crippen molar-refractivity contribution in [1.29, 1.82) is 0 Å². The molecule has 0 amide bonds. The fourth-order valence-corrected chi connectivity index (χ4v) is 2.50. The number of aryl methyl sites for hydroxylation is 1. The summed E-state index contributed by atoms with van der Waals surface area (Å²) < 4.78 is 2.09. The van der Waals surface area contributed by atoms with E-state index in [9.17, 15) is 5.11 Å².